The quantitative estimate of drug-likeness (QED) is 0.875. The minimum atomic E-state index is 0.138. The van der Waals surface area contributed by atoms with Crippen molar-refractivity contribution in [3.05, 3.63) is 23.9 Å². The second kappa shape index (κ2) is 5.27. The van der Waals surface area contributed by atoms with E-state index in [1.54, 1.807) is 0 Å². The first kappa shape index (κ1) is 13.3. The van der Waals surface area contributed by atoms with Crippen LogP contribution < -0.4 is 10.5 Å². The lowest BCUT2D eigenvalue weighted by Crippen LogP contribution is -2.33. The van der Waals surface area contributed by atoms with Crippen molar-refractivity contribution < 1.29 is 4.74 Å². The van der Waals surface area contributed by atoms with Gasteiger partial charge in [-0.05, 0) is 36.7 Å². The van der Waals surface area contributed by atoms with Crippen LogP contribution >= 0.6 is 0 Å². The molecule has 1 saturated carbocycles. The molecule has 2 unspecified atom stereocenters. The summed E-state index contributed by atoms with van der Waals surface area (Å²) in [6.45, 7) is 6.56. The molecule has 0 aliphatic heterocycles. The van der Waals surface area contributed by atoms with Gasteiger partial charge in [0.15, 0.2) is 0 Å². The number of hydrogen-bond acceptors (Lipinski definition) is 3. The molecule has 100 valence electrons. The Bertz CT molecular complexity index is 380. The third kappa shape index (κ3) is 3.45. The van der Waals surface area contributed by atoms with Crippen LogP contribution in [0.2, 0.25) is 0 Å². The van der Waals surface area contributed by atoms with E-state index in [2.05, 4.69) is 31.8 Å². The van der Waals surface area contributed by atoms with Crippen molar-refractivity contribution in [2.24, 2.45) is 5.73 Å². The highest BCUT2D eigenvalue weighted by molar-refractivity contribution is 5.23. The van der Waals surface area contributed by atoms with E-state index in [0.29, 0.717) is 0 Å². The molecule has 0 aromatic carbocycles. The number of rotatable bonds is 2. The van der Waals surface area contributed by atoms with E-state index < -0.39 is 0 Å². The van der Waals surface area contributed by atoms with Gasteiger partial charge in [0.05, 0.1) is 0 Å². The fraction of sp³-hybridized carbons (Fsp3) is 0.667. The van der Waals surface area contributed by atoms with Gasteiger partial charge in [0.1, 0.15) is 6.10 Å². The second-order valence-corrected chi connectivity index (χ2v) is 6.30. The normalized spacial score (nSPS) is 24.9. The third-order valence-corrected chi connectivity index (χ3v) is 3.56. The zero-order valence-electron chi connectivity index (χ0n) is 11.6. The number of ether oxygens (including phenoxy) is 1. The lowest BCUT2D eigenvalue weighted by atomic mass is 9.88. The van der Waals surface area contributed by atoms with Crippen LogP contribution in [0.15, 0.2) is 18.3 Å². The van der Waals surface area contributed by atoms with Crippen molar-refractivity contribution in [1.82, 2.24) is 4.98 Å². The molecule has 0 bridgehead atoms. The fourth-order valence-electron chi connectivity index (χ4n) is 2.35. The van der Waals surface area contributed by atoms with Gasteiger partial charge in [-0.25, -0.2) is 4.98 Å². The molecule has 1 aromatic heterocycles. The SMILES string of the molecule is CC(C)(C)c1ccc(OC2CCCC(N)C2)nc1. The topological polar surface area (TPSA) is 48.1 Å². The third-order valence-electron chi connectivity index (χ3n) is 3.56. The Balaban J connectivity index is 1.98. The van der Waals surface area contributed by atoms with Crippen LogP contribution in [0.25, 0.3) is 0 Å². The van der Waals surface area contributed by atoms with Crippen LogP contribution in [0.3, 0.4) is 0 Å². The molecular formula is C15H24N2O. The van der Waals surface area contributed by atoms with Crippen molar-refractivity contribution in [3.63, 3.8) is 0 Å². The molecule has 3 heteroatoms. The molecule has 1 aromatic rings. The van der Waals surface area contributed by atoms with Crippen LogP contribution in [0.1, 0.15) is 52.0 Å². The van der Waals surface area contributed by atoms with E-state index in [1.165, 1.54) is 5.56 Å². The predicted molar refractivity (Wildman–Crippen MR) is 73.8 cm³/mol. The Labute approximate surface area is 110 Å². The predicted octanol–water partition coefficient (Wildman–Crippen LogP) is 3.03. The number of aromatic nitrogens is 1. The van der Waals surface area contributed by atoms with Gasteiger partial charge in [0.2, 0.25) is 5.88 Å². The second-order valence-electron chi connectivity index (χ2n) is 6.30. The van der Waals surface area contributed by atoms with E-state index >= 15 is 0 Å². The summed E-state index contributed by atoms with van der Waals surface area (Å²) in [5.41, 5.74) is 7.33. The van der Waals surface area contributed by atoms with Gasteiger partial charge < -0.3 is 10.5 Å². The van der Waals surface area contributed by atoms with Crippen molar-refractivity contribution >= 4 is 0 Å². The first-order valence-corrected chi connectivity index (χ1v) is 6.84. The summed E-state index contributed by atoms with van der Waals surface area (Å²) in [4.78, 5) is 4.40. The average Bonchev–Trinajstić information content (AvgIpc) is 2.28. The van der Waals surface area contributed by atoms with E-state index in [-0.39, 0.29) is 17.6 Å². The van der Waals surface area contributed by atoms with Crippen LogP contribution in [0, 0.1) is 0 Å². The Morgan fingerprint density at radius 3 is 2.61 bits per heavy atom. The lowest BCUT2D eigenvalue weighted by molar-refractivity contribution is 0.138. The molecule has 1 fully saturated rings. The Hall–Kier alpha value is -1.09. The highest BCUT2D eigenvalue weighted by Gasteiger charge is 2.21. The minimum Gasteiger partial charge on any atom is -0.474 e. The first-order valence-electron chi connectivity index (χ1n) is 6.84. The smallest absolute Gasteiger partial charge is 0.213 e. The van der Waals surface area contributed by atoms with Crippen molar-refractivity contribution in [2.45, 2.75) is 64.0 Å². The maximum atomic E-state index is 5.96. The summed E-state index contributed by atoms with van der Waals surface area (Å²) in [6.07, 6.45) is 6.47. The summed E-state index contributed by atoms with van der Waals surface area (Å²) < 4.78 is 5.90. The Kier molecular flexibility index (Phi) is 3.91. The molecule has 1 aliphatic rings. The highest BCUT2D eigenvalue weighted by atomic mass is 16.5. The average molecular weight is 248 g/mol. The highest BCUT2D eigenvalue weighted by Crippen LogP contribution is 2.25. The fourth-order valence-corrected chi connectivity index (χ4v) is 2.35. The number of hydrogen-bond donors (Lipinski definition) is 1. The zero-order chi connectivity index (χ0) is 13.2. The van der Waals surface area contributed by atoms with Crippen molar-refractivity contribution in [1.29, 1.82) is 0 Å². The molecule has 0 saturated heterocycles. The Morgan fingerprint density at radius 2 is 2.06 bits per heavy atom. The van der Waals surface area contributed by atoms with Crippen molar-refractivity contribution in [3.8, 4) is 5.88 Å². The van der Waals surface area contributed by atoms with Gasteiger partial charge in [-0.1, -0.05) is 26.8 Å². The van der Waals surface area contributed by atoms with Gasteiger partial charge in [-0.2, -0.15) is 0 Å². The van der Waals surface area contributed by atoms with Gasteiger partial charge in [0, 0.05) is 18.3 Å². The molecule has 3 nitrogen and oxygen atoms in total. The molecular weight excluding hydrogens is 224 g/mol. The van der Waals surface area contributed by atoms with Gasteiger partial charge in [0.25, 0.3) is 0 Å². The zero-order valence-corrected chi connectivity index (χ0v) is 11.6. The summed E-state index contributed by atoms with van der Waals surface area (Å²) in [5, 5.41) is 0. The lowest BCUT2D eigenvalue weighted by Gasteiger charge is -2.27. The van der Waals surface area contributed by atoms with E-state index in [4.69, 9.17) is 10.5 Å². The van der Waals surface area contributed by atoms with Crippen molar-refractivity contribution in [2.75, 3.05) is 0 Å². The van der Waals surface area contributed by atoms with E-state index in [1.807, 2.05) is 12.3 Å². The van der Waals surface area contributed by atoms with Crippen LogP contribution in [-0.2, 0) is 5.41 Å². The minimum absolute atomic E-state index is 0.138. The number of nitrogens with zero attached hydrogens (tertiary/aromatic N) is 1. The molecule has 18 heavy (non-hydrogen) atoms. The number of nitrogens with two attached hydrogens (primary N) is 1. The maximum Gasteiger partial charge on any atom is 0.213 e. The van der Waals surface area contributed by atoms with Gasteiger partial charge in [-0.15, -0.1) is 0 Å². The number of pyridine rings is 1. The maximum absolute atomic E-state index is 5.96. The molecule has 2 N–H and O–H groups in total. The van der Waals surface area contributed by atoms with Crippen LogP contribution in [0.5, 0.6) is 5.88 Å². The molecule has 0 spiro atoms. The molecule has 2 rings (SSSR count). The van der Waals surface area contributed by atoms with Gasteiger partial charge in [-0.3, -0.25) is 0 Å². The summed E-state index contributed by atoms with van der Waals surface area (Å²) in [7, 11) is 0. The summed E-state index contributed by atoms with van der Waals surface area (Å²) in [6, 6.07) is 4.36. The summed E-state index contributed by atoms with van der Waals surface area (Å²) >= 11 is 0. The molecule has 0 radical (unpaired) electrons. The molecule has 0 amide bonds. The summed E-state index contributed by atoms with van der Waals surface area (Å²) in [5.74, 6) is 0.724. The molecule has 1 heterocycles. The van der Waals surface area contributed by atoms with E-state index in [9.17, 15) is 0 Å². The van der Waals surface area contributed by atoms with Gasteiger partial charge >= 0.3 is 0 Å². The molecule has 2 atom stereocenters. The standard InChI is InChI=1S/C15H24N2O/c1-15(2,3)11-7-8-14(17-10-11)18-13-6-4-5-12(16)9-13/h7-8,10,12-13H,4-6,9,16H2,1-3H3. The van der Waals surface area contributed by atoms with Crippen LogP contribution in [0.4, 0.5) is 0 Å². The first-order chi connectivity index (χ1) is 8.45. The van der Waals surface area contributed by atoms with E-state index in [0.717, 1.165) is 31.6 Å². The Morgan fingerprint density at radius 1 is 1.28 bits per heavy atom. The largest absolute Gasteiger partial charge is 0.474 e. The van der Waals surface area contributed by atoms with Crippen LogP contribution in [-0.4, -0.2) is 17.1 Å². The monoisotopic (exact) mass is 248 g/mol. The molecule has 1 aliphatic carbocycles.